The summed E-state index contributed by atoms with van der Waals surface area (Å²) >= 11 is 0. The van der Waals surface area contributed by atoms with Crippen molar-refractivity contribution in [1.29, 1.82) is 0 Å². The molecule has 104 valence electrons. The second-order valence-corrected chi connectivity index (χ2v) is 5.70. The Hall–Kier alpha value is -1.32. The van der Waals surface area contributed by atoms with Gasteiger partial charge in [0.05, 0.1) is 5.54 Å². The second kappa shape index (κ2) is 4.99. The molecule has 0 amide bonds. The van der Waals surface area contributed by atoms with E-state index in [-0.39, 0.29) is 5.54 Å². The van der Waals surface area contributed by atoms with Gasteiger partial charge in [-0.1, -0.05) is 18.6 Å². The minimum atomic E-state index is -0.639. The SMILES string of the molecule is CCC(C)(C(O)c1cc2cc(C)ccc2o1)N(C)C. The van der Waals surface area contributed by atoms with Crippen LogP contribution in [0.2, 0.25) is 0 Å². The Bertz CT molecular complexity index is 573. The van der Waals surface area contributed by atoms with Gasteiger partial charge in [-0.05, 0) is 52.6 Å². The van der Waals surface area contributed by atoms with Crippen LogP contribution in [0.3, 0.4) is 0 Å². The van der Waals surface area contributed by atoms with E-state index in [9.17, 15) is 5.11 Å². The standard InChI is InChI=1S/C16H23NO2/c1-6-16(3,17(4)5)15(18)14-10-12-9-11(2)7-8-13(12)19-14/h7-10,15,18H,6H2,1-5H3. The molecule has 1 aromatic carbocycles. The number of aliphatic hydroxyl groups excluding tert-OH is 1. The summed E-state index contributed by atoms with van der Waals surface area (Å²) in [5.41, 5.74) is 1.69. The molecule has 0 radical (unpaired) electrons. The average molecular weight is 261 g/mol. The molecule has 0 spiro atoms. The number of likely N-dealkylation sites (N-methyl/N-ethyl adjacent to an activating group) is 1. The number of furan rings is 1. The Morgan fingerprint density at radius 1 is 1.32 bits per heavy atom. The van der Waals surface area contributed by atoms with Crippen LogP contribution in [-0.4, -0.2) is 29.6 Å². The van der Waals surface area contributed by atoms with Crippen molar-refractivity contribution in [3.63, 3.8) is 0 Å². The van der Waals surface area contributed by atoms with Crippen LogP contribution in [0.4, 0.5) is 0 Å². The van der Waals surface area contributed by atoms with Gasteiger partial charge in [0.1, 0.15) is 17.4 Å². The fourth-order valence-electron chi connectivity index (χ4n) is 2.38. The monoisotopic (exact) mass is 261 g/mol. The third-order valence-corrected chi connectivity index (χ3v) is 4.29. The summed E-state index contributed by atoms with van der Waals surface area (Å²) in [7, 11) is 3.97. The summed E-state index contributed by atoms with van der Waals surface area (Å²) < 4.78 is 5.81. The van der Waals surface area contributed by atoms with Crippen LogP contribution in [-0.2, 0) is 0 Å². The summed E-state index contributed by atoms with van der Waals surface area (Å²) in [6.45, 7) is 6.19. The normalized spacial score (nSPS) is 16.8. The van der Waals surface area contributed by atoms with Crippen molar-refractivity contribution in [2.45, 2.75) is 38.8 Å². The molecule has 1 N–H and O–H groups in total. The van der Waals surface area contributed by atoms with Crippen molar-refractivity contribution in [1.82, 2.24) is 4.90 Å². The zero-order valence-corrected chi connectivity index (χ0v) is 12.4. The van der Waals surface area contributed by atoms with Gasteiger partial charge in [-0.3, -0.25) is 0 Å². The van der Waals surface area contributed by atoms with Gasteiger partial charge in [0.25, 0.3) is 0 Å². The number of fused-ring (bicyclic) bond motifs is 1. The zero-order chi connectivity index (χ0) is 14.2. The first-order chi connectivity index (χ1) is 8.88. The third kappa shape index (κ3) is 2.40. The Morgan fingerprint density at radius 3 is 2.58 bits per heavy atom. The molecule has 0 fully saturated rings. The predicted octanol–water partition coefficient (Wildman–Crippen LogP) is 3.50. The zero-order valence-electron chi connectivity index (χ0n) is 12.4. The molecule has 2 rings (SSSR count). The van der Waals surface area contributed by atoms with Crippen molar-refractivity contribution < 1.29 is 9.52 Å². The van der Waals surface area contributed by atoms with Crippen molar-refractivity contribution in [3.05, 3.63) is 35.6 Å². The first-order valence-corrected chi connectivity index (χ1v) is 6.74. The van der Waals surface area contributed by atoms with E-state index in [0.717, 1.165) is 17.4 Å². The second-order valence-electron chi connectivity index (χ2n) is 5.70. The highest BCUT2D eigenvalue weighted by Crippen LogP contribution is 2.35. The van der Waals surface area contributed by atoms with Crippen LogP contribution in [0.25, 0.3) is 11.0 Å². The molecule has 0 aliphatic rings. The van der Waals surface area contributed by atoms with Crippen LogP contribution in [0, 0.1) is 6.92 Å². The molecule has 0 saturated carbocycles. The molecular formula is C16H23NO2. The summed E-state index contributed by atoms with van der Waals surface area (Å²) in [5.74, 6) is 0.638. The van der Waals surface area contributed by atoms with Crippen LogP contribution >= 0.6 is 0 Å². The molecule has 19 heavy (non-hydrogen) atoms. The Balaban J connectivity index is 2.43. The summed E-state index contributed by atoms with van der Waals surface area (Å²) in [4.78, 5) is 2.05. The van der Waals surface area contributed by atoms with E-state index in [1.165, 1.54) is 5.56 Å². The van der Waals surface area contributed by atoms with E-state index < -0.39 is 6.10 Å². The van der Waals surface area contributed by atoms with Crippen molar-refractivity contribution in [2.75, 3.05) is 14.1 Å². The number of rotatable bonds is 4. The number of benzene rings is 1. The minimum Gasteiger partial charge on any atom is -0.458 e. The lowest BCUT2D eigenvalue weighted by Crippen LogP contribution is -2.46. The van der Waals surface area contributed by atoms with E-state index >= 15 is 0 Å². The molecule has 0 saturated heterocycles. The molecule has 2 atom stereocenters. The molecule has 0 bridgehead atoms. The molecule has 0 aliphatic carbocycles. The number of aryl methyl sites for hydroxylation is 1. The molecule has 1 aromatic heterocycles. The van der Waals surface area contributed by atoms with Crippen molar-refractivity contribution in [2.24, 2.45) is 0 Å². The van der Waals surface area contributed by atoms with E-state index in [2.05, 4.69) is 31.7 Å². The van der Waals surface area contributed by atoms with Gasteiger partial charge < -0.3 is 14.4 Å². The molecule has 0 aliphatic heterocycles. The number of hydrogen-bond acceptors (Lipinski definition) is 3. The van der Waals surface area contributed by atoms with Gasteiger partial charge in [-0.25, -0.2) is 0 Å². The van der Waals surface area contributed by atoms with E-state index in [0.29, 0.717) is 5.76 Å². The molecule has 2 unspecified atom stereocenters. The first kappa shape index (κ1) is 14.1. The Kier molecular flexibility index (Phi) is 3.70. The Morgan fingerprint density at radius 2 is 2.00 bits per heavy atom. The maximum atomic E-state index is 10.6. The topological polar surface area (TPSA) is 36.6 Å². The maximum Gasteiger partial charge on any atom is 0.135 e. The van der Waals surface area contributed by atoms with Gasteiger partial charge in [0, 0.05) is 5.39 Å². The molecule has 2 aromatic rings. The number of nitrogens with zero attached hydrogens (tertiary/aromatic N) is 1. The summed E-state index contributed by atoms with van der Waals surface area (Å²) in [6.07, 6.45) is 0.206. The van der Waals surface area contributed by atoms with Crippen molar-refractivity contribution >= 4 is 11.0 Å². The lowest BCUT2D eigenvalue weighted by molar-refractivity contribution is -0.0110. The van der Waals surface area contributed by atoms with Crippen LogP contribution in [0.5, 0.6) is 0 Å². The summed E-state index contributed by atoms with van der Waals surface area (Å²) in [6, 6.07) is 8.01. The lowest BCUT2D eigenvalue weighted by atomic mass is 9.88. The highest BCUT2D eigenvalue weighted by Gasteiger charge is 2.36. The van der Waals surface area contributed by atoms with Gasteiger partial charge in [0.2, 0.25) is 0 Å². The Labute approximate surface area is 114 Å². The fraction of sp³-hybridized carbons (Fsp3) is 0.500. The van der Waals surface area contributed by atoms with Crippen LogP contribution < -0.4 is 0 Å². The van der Waals surface area contributed by atoms with E-state index in [1.807, 2.05) is 32.3 Å². The molecule has 3 nitrogen and oxygen atoms in total. The number of aliphatic hydroxyl groups is 1. The van der Waals surface area contributed by atoms with Gasteiger partial charge >= 0.3 is 0 Å². The molecular weight excluding hydrogens is 238 g/mol. The lowest BCUT2D eigenvalue weighted by Gasteiger charge is -2.38. The van der Waals surface area contributed by atoms with Crippen LogP contribution in [0.1, 0.15) is 37.7 Å². The van der Waals surface area contributed by atoms with Crippen LogP contribution in [0.15, 0.2) is 28.7 Å². The smallest absolute Gasteiger partial charge is 0.135 e. The van der Waals surface area contributed by atoms with E-state index in [4.69, 9.17) is 4.42 Å². The third-order valence-electron chi connectivity index (χ3n) is 4.29. The quantitative estimate of drug-likeness (QED) is 0.915. The first-order valence-electron chi connectivity index (χ1n) is 6.74. The molecule has 1 heterocycles. The highest BCUT2D eigenvalue weighted by atomic mass is 16.4. The maximum absolute atomic E-state index is 10.6. The summed E-state index contributed by atoms with van der Waals surface area (Å²) in [5, 5.41) is 11.7. The highest BCUT2D eigenvalue weighted by molar-refractivity contribution is 5.78. The van der Waals surface area contributed by atoms with Crippen molar-refractivity contribution in [3.8, 4) is 0 Å². The average Bonchev–Trinajstić information content (AvgIpc) is 2.79. The largest absolute Gasteiger partial charge is 0.458 e. The fourth-order valence-corrected chi connectivity index (χ4v) is 2.38. The van der Waals surface area contributed by atoms with Gasteiger partial charge in [0.15, 0.2) is 0 Å². The number of hydrogen-bond donors (Lipinski definition) is 1. The van der Waals surface area contributed by atoms with E-state index in [1.54, 1.807) is 0 Å². The van der Waals surface area contributed by atoms with Gasteiger partial charge in [-0.2, -0.15) is 0 Å². The minimum absolute atomic E-state index is 0.330. The predicted molar refractivity (Wildman–Crippen MR) is 78.3 cm³/mol. The molecule has 3 heteroatoms. The van der Waals surface area contributed by atoms with Gasteiger partial charge in [-0.15, -0.1) is 0 Å².